The van der Waals surface area contributed by atoms with Crippen LogP contribution in [0.5, 0.6) is 0 Å². The Balaban J connectivity index is 2.01. The van der Waals surface area contributed by atoms with Gasteiger partial charge in [-0.05, 0) is 55.3 Å². The Bertz CT molecular complexity index is 306. The highest BCUT2D eigenvalue weighted by molar-refractivity contribution is 5.18. The van der Waals surface area contributed by atoms with Crippen LogP contribution >= 0.6 is 0 Å². The van der Waals surface area contributed by atoms with Gasteiger partial charge in [-0.25, -0.2) is 0 Å². The molecule has 2 heteroatoms. The van der Waals surface area contributed by atoms with Gasteiger partial charge in [0.15, 0.2) is 0 Å². The Hall–Kier alpha value is -0.890. The van der Waals surface area contributed by atoms with Crippen LogP contribution in [0.3, 0.4) is 0 Å². The minimum atomic E-state index is 0.599. The van der Waals surface area contributed by atoms with E-state index in [1.54, 1.807) is 0 Å². The summed E-state index contributed by atoms with van der Waals surface area (Å²) in [6, 6.07) is 4.95. The molecule has 88 valence electrons. The molecule has 1 heterocycles. The van der Waals surface area contributed by atoms with Gasteiger partial charge in [0.2, 0.25) is 0 Å². The molecule has 2 unspecified atom stereocenters. The first kappa shape index (κ1) is 11.6. The lowest BCUT2D eigenvalue weighted by molar-refractivity contribution is 0.407. The summed E-state index contributed by atoms with van der Waals surface area (Å²) in [6.07, 6.45) is 7.81. The molecule has 2 nitrogen and oxygen atoms in total. The molecule has 2 atom stereocenters. The van der Waals surface area contributed by atoms with E-state index in [2.05, 4.69) is 36.3 Å². The van der Waals surface area contributed by atoms with Crippen molar-refractivity contribution in [2.24, 2.45) is 5.92 Å². The third-order valence-electron chi connectivity index (χ3n) is 3.53. The summed E-state index contributed by atoms with van der Waals surface area (Å²) in [5, 5.41) is 3.71. The van der Waals surface area contributed by atoms with Crippen molar-refractivity contribution in [2.75, 3.05) is 6.54 Å². The molecule has 0 aliphatic heterocycles. The Labute approximate surface area is 98.5 Å². The van der Waals surface area contributed by atoms with Crippen LogP contribution in [0.2, 0.25) is 0 Å². The lowest BCUT2D eigenvalue weighted by Gasteiger charge is -2.25. The van der Waals surface area contributed by atoms with Crippen LogP contribution in [0.15, 0.2) is 24.5 Å². The molecule has 0 saturated heterocycles. The number of aromatic nitrogens is 1. The van der Waals surface area contributed by atoms with E-state index < -0.39 is 0 Å². The number of hydrogen-bond donors (Lipinski definition) is 1. The van der Waals surface area contributed by atoms with Gasteiger partial charge < -0.3 is 5.32 Å². The first-order valence-electron chi connectivity index (χ1n) is 6.46. The van der Waals surface area contributed by atoms with Crippen molar-refractivity contribution >= 4 is 0 Å². The Kier molecular flexibility index (Phi) is 3.94. The molecular weight excluding hydrogens is 196 g/mol. The van der Waals surface area contributed by atoms with E-state index in [-0.39, 0.29) is 0 Å². The van der Waals surface area contributed by atoms with Crippen LogP contribution in [0.25, 0.3) is 0 Å². The molecule has 1 aromatic heterocycles. The Morgan fingerprint density at radius 1 is 1.38 bits per heavy atom. The molecule has 0 radical (unpaired) electrons. The van der Waals surface area contributed by atoms with E-state index >= 15 is 0 Å². The minimum absolute atomic E-state index is 0.599. The van der Waals surface area contributed by atoms with Gasteiger partial charge in [-0.2, -0.15) is 0 Å². The third-order valence-corrected chi connectivity index (χ3v) is 3.53. The van der Waals surface area contributed by atoms with Crippen molar-refractivity contribution in [1.82, 2.24) is 10.3 Å². The number of nitrogens with zero attached hydrogens (tertiary/aromatic N) is 1. The zero-order valence-electron chi connectivity index (χ0n) is 10.3. The fraction of sp³-hybridized carbons (Fsp3) is 0.643. The maximum absolute atomic E-state index is 4.09. The van der Waals surface area contributed by atoms with Gasteiger partial charge >= 0.3 is 0 Å². The fourth-order valence-electron chi connectivity index (χ4n) is 2.39. The van der Waals surface area contributed by atoms with Crippen LogP contribution in [-0.4, -0.2) is 17.6 Å². The van der Waals surface area contributed by atoms with Gasteiger partial charge in [0.05, 0.1) is 0 Å². The second-order valence-electron chi connectivity index (χ2n) is 4.89. The molecule has 2 rings (SSSR count). The van der Waals surface area contributed by atoms with Crippen LogP contribution < -0.4 is 5.32 Å². The van der Waals surface area contributed by atoms with Gasteiger partial charge in [-0.3, -0.25) is 4.98 Å². The summed E-state index contributed by atoms with van der Waals surface area (Å²) in [5.74, 6) is 1.50. The smallest absolute Gasteiger partial charge is 0.0270 e. The van der Waals surface area contributed by atoms with E-state index in [1.807, 2.05) is 12.4 Å². The molecule has 0 aromatic carbocycles. The summed E-state index contributed by atoms with van der Waals surface area (Å²) in [5.41, 5.74) is 1.41. The largest absolute Gasteiger partial charge is 0.313 e. The molecule has 16 heavy (non-hydrogen) atoms. The molecule has 0 bridgehead atoms. The number of rotatable bonds is 6. The monoisotopic (exact) mass is 218 g/mol. The van der Waals surface area contributed by atoms with Crippen molar-refractivity contribution < 1.29 is 0 Å². The average Bonchev–Trinajstić information content (AvgIpc) is 3.15. The van der Waals surface area contributed by atoms with Gasteiger partial charge in [0.25, 0.3) is 0 Å². The summed E-state index contributed by atoms with van der Waals surface area (Å²) in [6.45, 7) is 5.70. The summed E-state index contributed by atoms with van der Waals surface area (Å²) < 4.78 is 0. The van der Waals surface area contributed by atoms with Crippen LogP contribution in [0.1, 0.15) is 44.6 Å². The highest BCUT2D eigenvalue weighted by Crippen LogP contribution is 2.38. The van der Waals surface area contributed by atoms with Gasteiger partial charge in [0.1, 0.15) is 0 Å². The SMILES string of the molecule is CCCNC(C1CC1)C(C)c1ccncc1. The number of nitrogens with one attached hydrogen (secondary N) is 1. The second kappa shape index (κ2) is 5.44. The molecule has 1 aromatic rings. The van der Waals surface area contributed by atoms with E-state index in [1.165, 1.54) is 24.8 Å². The maximum atomic E-state index is 4.09. The van der Waals surface area contributed by atoms with Crippen LogP contribution in [0.4, 0.5) is 0 Å². The molecule has 1 aliphatic carbocycles. The number of hydrogen-bond acceptors (Lipinski definition) is 2. The summed E-state index contributed by atoms with van der Waals surface area (Å²) >= 11 is 0. The first-order valence-corrected chi connectivity index (χ1v) is 6.46. The first-order chi connectivity index (χ1) is 7.83. The molecule has 1 fully saturated rings. The van der Waals surface area contributed by atoms with Crippen LogP contribution in [-0.2, 0) is 0 Å². The Morgan fingerprint density at radius 2 is 2.06 bits per heavy atom. The third kappa shape index (κ3) is 2.82. The van der Waals surface area contributed by atoms with Crippen molar-refractivity contribution in [1.29, 1.82) is 0 Å². The lowest BCUT2D eigenvalue weighted by Crippen LogP contribution is -2.36. The van der Waals surface area contributed by atoms with Crippen LogP contribution in [0, 0.1) is 5.92 Å². The van der Waals surface area contributed by atoms with E-state index in [0.29, 0.717) is 12.0 Å². The molecule has 0 spiro atoms. The molecule has 1 aliphatic rings. The predicted octanol–water partition coefficient (Wildman–Crippen LogP) is 2.96. The van der Waals surface area contributed by atoms with Gasteiger partial charge in [0, 0.05) is 18.4 Å². The fourth-order valence-corrected chi connectivity index (χ4v) is 2.39. The number of pyridine rings is 1. The van der Waals surface area contributed by atoms with Crippen molar-refractivity contribution in [2.45, 2.75) is 45.1 Å². The van der Waals surface area contributed by atoms with Crippen molar-refractivity contribution in [3.05, 3.63) is 30.1 Å². The standard InChI is InChI=1S/C14H22N2/c1-3-8-16-14(13-4-5-13)11(2)12-6-9-15-10-7-12/h6-7,9-11,13-14,16H,3-5,8H2,1-2H3. The molecular formula is C14H22N2. The predicted molar refractivity (Wildman–Crippen MR) is 67.5 cm³/mol. The highest BCUT2D eigenvalue weighted by atomic mass is 14.9. The quantitative estimate of drug-likeness (QED) is 0.794. The summed E-state index contributed by atoms with van der Waals surface area (Å²) in [7, 11) is 0. The van der Waals surface area contributed by atoms with Crippen molar-refractivity contribution in [3.8, 4) is 0 Å². The van der Waals surface area contributed by atoms with Crippen molar-refractivity contribution in [3.63, 3.8) is 0 Å². The van der Waals surface area contributed by atoms with Gasteiger partial charge in [-0.1, -0.05) is 13.8 Å². The van der Waals surface area contributed by atoms with E-state index in [0.717, 1.165) is 12.5 Å². The lowest BCUT2D eigenvalue weighted by atomic mass is 9.91. The highest BCUT2D eigenvalue weighted by Gasteiger charge is 2.34. The molecule has 1 saturated carbocycles. The maximum Gasteiger partial charge on any atom is 0.0270 e. The summed E-state index contributed by atoms with van der Waals surface area (Å²) in [4.78, 5) is 4.09. The van der Waals surface area contributed by atoms with Gasteiger partial charge in [-0.15, -0.1) is 0 Å². The minimum Gasteiger partial charge on any atom is -0.313 e. The topological polar surface area (TPSA) is 24.9 Å². The average molecular weight is 218 g/mol. The Morgan fingerprint density at radius 3 is 2.62 bits per heavy atom. The zero-order valence-corrected chi connectivity index (χ0v) is 10.3. The van der Waals surface area contributed by atoms with E-state index in [9.17, 15) is 0 Å². The molecule has 1 N–H and O–H groups in total. The van der Waals surface area contributed by atoms with E-state index in [4.69, 9.17) is 0 Å². The normalized spacial score (nSPS) is 19.4. The molecule has 0 amide bonds. The second-order valence-corrected chi connectivity index (χ2v) is 4.89. The zero-order chi connectivity index (χ0) is 11.4.